The second-order valence-corrected chi connectivity index (χ2v) is 5.13. The Morgan fingerprint density at radius 1 is 1.47 bits per heavy atom. The Kier molecular flexibility index (Phi) is 5.54. The Hall–Kier alpha value is -1.36. The van der Waals surface area contributed by atoms with Gasteiger partial charge >= 0.3 is 0 Å². The van der Waals surface area contributed by atoms with Crippen molar-refractivity contribution in [1.82, 2.24) is 14.7 Å². The normalized spacial score (nSPS) is 12.8. The van der Waals surface area contributed by atoms with Crippen LogP contribution in [0.4, 0.5) is 0 Å². The molecule has 1 amide bonds. The van der Waals surface area contributed by atoms with Crippen molar-refractivity contribution in [3.05, 3.63) is 17.5 Å². The van der Waals surface area contributed by atoms with Gasteiger partial charge in [0.05, 0.1) is 12.6 Å². The van der Waals surface area contributed by atoms with Crippen LogP contribution in [-0.4, -0.2) is 46.9 Å². The van der Waals surface area contributed by atoms with E-state index >= 15 is 0 Å². The summed E-state index contributed by atoms with van der Waals surface area (Å²) in [4.78, 5) is 14.3. The van der Waals surface area contributed by atoms with Crippen LogP contribution in [0.1, 0.15) is 49.8 Å². The molecular weight excluding hydrogens is 242 g/mol. The number of amides is 1. The van der Waals surface area contributed by atoms with Gasteiger partial charge in [-0.25, -0.2) is 0 Å². The van der Waals surface area contributed by atoms with Gasteiger partial charge in [0.1, 0.15) is 0 Å². The van der Waals surface area contributed by atoms with Crippen molar-refractivity contribution in [2.45, 2.75) is 39.7 Å². The Labute approximate surface area is 115 Å². The number of aromatic nitrogens is 2. The van der Waals surface area contributed by atoms with Crippen molar-refractivity contribution < 1.29 is 9.53 Å². The van der Waals surface area contributed by atoms with E-state index < -0.39 is 0 Å². The molecule has 0 fully saturated rings. The second kappa shape index (κ2) is 6.70. The highest BCUT2D eigenvalue weighted by Gasteiger charge is 2.23. The summed E-state index contributed by atoms with van der Waals surface area (Å²) >= 11 is 0. The van der Waals surface area contributed by atoms with Crippen molar-refractivity contribution in [3.63, 3.8) is 0 Å². The highest BCUT2D eigenvalue weighted by Crippen LogP contribution is 2.16. The lowest BCUT2D eigenvalue weighted by molar-refractivity contribution is 0.0573. The summed E-state index contributed by atoms with van der Waals surface area (Å²) in [7, 11) is 3.52. The molecule has 0 aromatic carbocycles. The molecule has 1 rings (SSSR count). The van der Waals surface area contributed by atoms with Crippen molar-refractivity contribution in [1.29, 1.82) is 0 Å². The van der Waals surface area contributed by atoms with E-state index in [1.165, 1.54) is 0 Å². The molecule has 0 N–H and O–H groups in total. The van der Waals surface area contributed by atoms with Crippen LogP contribution in [0.3, 0.4) is 0 Å². The average molecular weight is 267 g/mol. The third-order valence-corrected chi connectivity index (χ3v) is 3.27. The van der Waals surface area contributed by atoms with Crippen LogP contribution in [0.25, 0.3) is 0 Å². The van der Waals surface area contributed by atoms with Crippen LogP contribution < -0.4 is 0 Å². The Balaban J connectivity index is 2.94. The Morgan fingerprint density at radius 2 is 2.11 bits per heavy atom. The van der Waals surface area contributed by atoms with Gasteiger partial charge in [0.25, 0.3) is 5.91 Å². The molecule has 0 aliphatic heterocycles. The van der Waals surface area contributed by atoms with E-state index in [0.29, 0.717) is 24.8 Å². The lowest BCUT2D eigenvalue weighted by atomic mass is 10.1. The molecule has 108 valence electrons. The predicted molar refractivity (Wildman–Crippen MR) is 75.3 cm³/mol. The molecule has 0 saturated heterocycles. The van der Waals surface area contributed by atoms with Crippen LogP contribution in [-0.2, 0) is 11.8 Å². The van der Waals surface area contributed by atoms with Crippen molar-refractivity contribution in [2.75, 3.05) is 20.3 Å². The molecule has 1 aromatic rings. The van der Waals surface area contributed by atoms with Crippen LogP contribution >= 0.6 is 0 Å². The summed E-state index contributed by atoms with van der Waals surface area (Å²) in [5.41, 5.74) is 1.58. The molecule has 1 aromatic heterocycles. The molecule has 0 saturated carbocycles. The van der Waals surface area contributed by atoms with Gasteiger partial charge in [-0.1, -0.05) is 13.8 Å². The molecule has 5 nitrogen and oxygen atoms in total. The molecule has 0 bridgehead atoms. The molecule has 0 aliphatic carbocycles. The summed E-state index contributed by atoms with van der Waals surface area (Å²) < 4.78 is 6.90. The number of carbonyl (C=O) groups is 1. The van der Waals surface area contributed by atoms with E-state index in [9.17, 15) is 4.79 Å². The lowest BCUT2D eigenvalue weighted by Crippen LogP contribution is -2.41. The first kappa shape index (κ1) is 15.7. The van der Waals surface area contributed by atoms with E-state index in [1.54, 1.807) is 16.7 Å². The maximum atomic E-state index is 12.5. The first-order valence-corrected chi connectivity index (χ1v) is 6.76. The van der Waals surface area contributed by atoms with Gasteiger partial charge in [0.2, 0.25) is 0 Å². The zero-order chi connectivity index (χ0) is 14.6. The topological polar surface area (TPSA) is 47.4 Å². The molecule has 1 atom stereocenters. The third kappa shape index (κ3) is 3.56. The summed E-state index contributed by atoms with van der Waals surface area (Å²) in [5, 5.41) is 4.33. The Morgan fingerprint density at radius 3 is 2.53 bits per heavy atom. The smallest absolute Gasteiger partial charge is 0.274 e. The fraction of sp³-hybridized carbons (Fsp3) is 0.714. The predicted octanol–water partition coefficient (Wildman–Crippen LogP) is 2.04. The van der Waals surface area contributed by atoms with E-state index in [4.69, 9.17) is 4.74 Å². The first-order chi connectivity index (χ1) is 8.92. The molecule has 19 heavy (non-hydrogen) atoms. The van der Waals surface area contributed by atoms with Gasteiger partial charge in [-0.05, 0) is 25.8 Å². The Bertz CT molecular complexity index is 426. The number of nitrogens with zero attached hydrogens (tertiary/aromatic N) is 3. The van der Waals surface area contributed by atoms with Gasteiger partial charge in [-0.2, -0.15) is 5.10 Å². The number of ether oxygens (including phenoxy) is 1. The van der Waals surface area contributed by atoms with Gasteiger partial charge in [0, 0.05) is 26.4 Å². The largest absolute Gasteiger partial charge is 0.383 e. The van der Waals surface area contributed by atoms with Crippen molar-refractivity contribution >= 4 is 5.91 Å². The highest BCUT2D eigenvalue weighted by atomic mass is 16.5. The number of hydrogen-bond acceptors (Lipinski definition) is 3. The molecule has 0 radical (unpaired) electrons. The summed E-state index contributed by atoms with van der Waals surface area (Å²) in [6.07, 6.45) is 0. The van der Waals surface area contributed by atoms with Crippen LogP contribution in [0, 0.1) is 0 Å². The third-order valence-electron chi connectivity index (χ3n) is 3.27. The zero-order valence-electron chi connectivity index (χ0n) is 12.8. The van der Waals surface area contributed by atoms with Gasteiger partial charge in [0.15, 0.2) is 5.69 Å². The van der Waals surface area contributed by atoms with Gasteiger partial charge in [-0.15, -0.1) is 0 Å². The summed E-state index contributed by atoms with van der Waals surface area (Å²) in [6.45, 7) is 9.32. The molecule has 0 unspecified atom stereocenters. The summed E-state index contributed by atoms with van der Waals surface area (Å²) in [6, 6.07) is 1.93. The average Bonchev–Trinajstić information content (AvgIpc) is 2.72. The van der Waals surface area contributed by atoms with E-state index in [2.05, 4.69) is 18.9 Å². The van der Waals surface area contributed by atoms with E-state index in [-0.39, 0.29) is 11.9 Å². The fourth-order valence-corrected chi connectivity index (χ4v) is 2.26. The first-order valence-electron chi connectivity index (χ1n) is 6.76. The second-order valence-electron chi connectivity index (χ2n) is 5.13. The molecule has 1 heterocycles. The number of rotatable bonds is 6. The van der Waals surface area contributed by atoms with Crippen LogP contribution in [0.5, 0.6) is 0 Å². The van der Waals surface area contributed by atoms with E-state index in [1.807, 2.05) is 27.0 Å². The maximum absolute atomic E-state index is 12.5. The quantitative estimate of drug-likeness (QED) is 0.792. The van der Waals surface area contributed by atoms with Gasteiger partial charge < -0.3 is 9.64 Å². The van der Waals surface area contributed by atoms with Crippen molar-refractivity contribution in [2.24, 2.45) is 7.05 Å². The number of aryl methyl sites for hydroxylation is 1. The maximum Gasteiger partial charge on any atom is 0.274 e. The SMILES string of the molecule is CCN(C(=O)c1cc(C(C)C)n(C)n1)[C@@H](C)COC. The fourth-order valence-electron chi connectivity index (χ4n) is 2.26. The van der Waals surface area contributed by atoms with Gasteiger partial charge in [-0.3, -0.25) is 9.48 Å². The monoisotopic (exact) mass is 267 g/mol. The minimum absolute atomic E-state index is 0.0328. The number of carbonyl (C=O) groups excluding carboxylic acids is 1. The molecule has 0 spiro atoms. The number of methoxy groups -OCH3 is 1. The molecular formula is C14H25N3O2. The minimum atomic E-state index is -0.0328. The number of likely N-dealkylation sites (N-methyl/N-ethyl adjacent to an activating group) is 1. The zero-order valence-corrected chi connectivity index (χ0v) is 12.8. The van der Waals surface area contributed by atoms with Crippen LogP contribution in [0.15, 0.2) is 6.07 Å². The molecule has 0 aliphatic rings. The van der Waals surface area contributed by atoms with Crippen molar-refractivity contribution in [3.8, 4) is 0 Å². The standard InChI is InChI=1S/C14H25N3O2/c1-7-17(11(4)9-19-6)14(18)12-8-13(10(2)3)16(5)15-12/h8,10-11H,7,9H2,1-6H3/t11-/m0/s1. The molecule has 5 heteroatoms. The highest BCUT2D eigenvalue weighted by molar-refractivity contribution is 5.92. The number of hydrogen-bond donors (Lipinski definition) is 0. The van der Waals surface area contributed by atoms with Crippen LogP contribution in [0.2, 0.25) is 0 Å². The minimum Gasteiger partial charge on any atom is -0.383 e. The summed E-state index contributed by atoms with van der Waals surface area (Å²) in [5.74, 6) is 0.320. The van der Waals surface area contributed by atoms with E-state index in [0.717, 1.165) is 5.69 Å². The lowest BCUT2D eigenvalue weighted by Gasteiger charge is -2.26.